The van der Waals surface area contributed by atoms with Crippen molar-refractivity contribution in [2.45, 2.75) is 45.1 Å². The summed E-state index contributed by atoms with van der Waals surface area (Å²) >= 11 is 0. The van der Waals surface area contributed by atoms with Crippen LogP contribution in [0.1, 0.15) is 60.5 Å². The molecule has 6 nitrogen and oxygen atoms in total. The number of imidazole rings is 1. The Hall–Kier alpha value is -1.85. The topological polar surface area (TPSA) is 92.4 Å². The second kappa shape index (κ2) is 4.44. The molecule has 2 rings (SSSR count). The Kier molecular flexibility index (Phi) is 3.11. The van der Waals surface area contributed by atoms with E-state index in [0.29, 0.717) is 24.5 Å². The highest BCUT2D eigenvalue weighted by Crippen LogP contribution is 2.33. The standard InChI is InChI=1S/C12H16N2O4/c1-6(2)10-13-8(12(17)18)9-7(11(15)16)4-3-5-14(9)10/h6-7H,3-5H2,1-2H3,(H,15,16)(H,17,18). The maximum atomic E-state index is 11.2. The minimum absolute atomic E-state index is 0.0735. The molecule has 1 aromatic heterocycles. The second-order valence-corrected chi connectivity index (χ2v) is 4.85. The summed E-state index contributed by atoms with van der Waals surface area (Å²) in [5.74, 6) is -2.16. The number of aromatic carboxylic acids is 1. The van der Waals surface area contributed by atoms with E-state index in [0.717, 1.165) is 6.42 Å². The Morgan fingerprint density at radius 3 is 2.56 bits per heavy atom. The van der Waals surface area contributed by atoms with E-state index in [1.807, 2.05) is 13.8 Å². The molecular formula is C12H16N2O4. The van der Waals surface area contributed by atoms with Crippen LogP contribution in [0.2, 0.25) is 0 Å². The zero-order valence-corrected chi connectivity index (χ0v) is 10.4. The molecule has 1 aliphatic heterocycles. The summed E-state index contributed by atoms with van der Waals surface area (Å²) in [5.41, 5.74) is 0.246. The average Bonchev–Trinajstić information content (AvgIpc) is 2.67. The maximum absolute atomic E-state index is 11.2. The molecule has 0 fully saturated rings. The molecule has 1 unspecified atom stereocenters. The van der Waals surface area contributed by atoms with E-state index in [-0.39, 0.29) is 11.6 Å². The van der Waals surface area contributed by atoms with Gasteiger partial charge in [0, 0.05) is 12.5 Å². The molecule has 6 heteroatoms. The van der Waals surface area contributed by atoms with Crippen molar-refractivity contribution in [2.75, 3.05) is 0 Å². The summed E-state index contributed by atoms with van der Waals surface area (Å²) < 4.78 is 1.77. The Bertz CT molecular complexity index is 504. The third-order valence-electron chi connectivity index (χ3n) is 3.26. The molecule has 18 heavy (non-hydrogen) atoms. The van der Waals surface area contributed by atoms with E-state index in [9.17, 15) is 14.7 Å². The van der Waals surface area contributed by atoms with Crippen LogP contribution in [0.5, 0.6) is 0 Å². The molecular weight excluding hydrogens is 236 g/mol. The van der Waals surface area contributed by atoms with Gasteiger partial charge in [-0.05, 0) is 12.8 Å². The third-order valence-corrected chi connectivity index (χ3v) is 3.26. The van der Waals surface area contributed by atoms with Gasteiger partial charge in [0.25, 0.3) is 0 Å². The highest BCUT2D eigenvalue weighted by atomic mass is 16.4. The largest absolute Gasteiger partial charge is 0.481 e. The summed E-state index contributed by atoms with van der Waals surface area (Å²) in [6.07, 6.45) is 1.21. The normalized spacial score (nSPS) is 18.7. The van der Waals surface area contributed by atoms with Crippen LogP contribution >= 0.6 is 0 Å². The fourth-order valence-corrected chi connectivity index (χ4v) is 2.50. The van der Waals surface area contributed by atoms with E-state index in [4.69, 9.17) is 5.11 Å². The van der Waals surface area contributed by atoms with Crippen LogP contribution in [0.4, 0.5) is 0 Å². The molecule has 2 N–H and O–H groups in total. The monoisotopic (exact) mass is 252 g/mol. The van der Waals surface area contributed by atoms with Gasteiger partial charge in [0.1, 0.15) is 5.82 Å². The minimum Gasteiger partial charge on any atom is -0.481 e. The maximum Gasteiger partial charge on any atom is 0.356 e. The molecule has 0 radical (unpaired) electrons. The van der Waals surface area contributed by atoms with Crippen LogP contribution in [0.15, 0.2) is 0 Å². The quantitative estimate of drug-likeness (QED) is 0.853. The number of carbonyl (C=O) groups is 2. The molecule has 0 aromatic carbocycles. The first-order valence-electron chi connectivity index (χ1n) is 6.00. The highest BCUT2D eigenvalue weighted by molar-refractivity contribution is 5.90. The molecule has 0 spiro atoms. The van der Waals surface area contributed by atoms with Crippen LogP contribution in [0, 0.1) is 0 Å². The van der Waals surface area contributed by atoms with Crippen molar-refractivity contribution in [1.29, 1.82) is 0 Å². The van der Waals surface area contributed by atoms with Crippen molar-refractivity contribution in [3.8, 4) is 0 Å². The first-order valence-corrected chi connectivity index (χ1v) is 6.00. The Morgan fingerprint density at radius 1 is 1.39 bits per heavy atom. The van der Waals surface area contributed by atoms with Gasteiger partial charge in [-0.15, -0.1) is 0 Å². The molecule has 2 heterocycles. The lowest BCUT2D eigenvalue weighted by molar-refractivity contribution is -0.139. The zero-order chi connectivity index (χ0) is 13.4. The average molecular weight is 252 g/mol. The SMILES string of the molecule is CC(C)c1nc(C(=O)O)c2n1CCCC2C(=O)O. The first kappa shape index (κ1) is 12.6. The van der Waals surface area contributed by atoms with Crippen molar-refractivity contribution in [1.82, 2.24) is 9.55 Å². The van der Waals surface area contributed by atoms with Crippen LogP contribution in [-0.4, -0.2) is 31.7 Å². The van der Waals surface area contributed by atoms with Gasteiger partial charge < -0.3 is 14.8 Å². The van der Waals surface area contributed by atoms with Gasteiger partial charge >= 0.3 is 11.9 Å². The van der Waals surface area contributed by atoms with Crippen molar-refractivity contribution in [2.24, 2.45) is 0 Å². The molecule has 0 amide bonds. The van der Waals surface area contributed by atoms with E-state index >= 15 is 0 Å². The number of aromatic nitrogens is 2. The summed E-state index contributed by atoms with van der Waals surface area (Å²) in [7, 11) is 0. The van der Waals surface area contributed by atoms with Crippen LogP contribution in [0.25, 0.3) is 0 Å². The van der Waals surface area contributed by atoms with Gasteiger partial charge in [0.05, 0.1) is 11.6 Å². The number of nitrogens with zero attached hydrogens (tertiary/aromatic N) is 2. The number of carboxylic acids is 2. The first-order chi connectivity index (χ1) is 8.43. The number of fused-ring (bicyclic) bond motifs is 1. The van der Waals surface area contributed by atoms with Gasteiger partial charge in [-0.25, -0.2) is 9.78 Å². The van der Waals surface area contributed by atoms with E-state index < -0.39 is 17.9 Å². The molecule has 1 atom stereocenters. The van der Waals surface area contributed by atoms with E-state index in [1.54, 1.807) is 4.57 Å². The van der Waals surface area contributed by atoms with Crippen LogP contribution < -0.4 is 0 Å². The van der Waals surface area contributed by atoms with Gasteiger partial charge in [0.15, 0.2) is 5.69 Å². The molecule has 1 aromatic rings. The molecule has 0 saturated heterocycles. The highest BCUT2D eigenvalue weighted by Gasteiger charge is 2.35. The Morgan fingerprint density at radius 2 is 2.06 bits per heavy atom. The number of carboxylic acid groups (broad SMARTS) is 2. The lowest BCUT2D eigenvalue weighted by atomic mass is 9.94. The Balaban J connectivity index is 2.64. The summed E-state index contributed by atoms with van der Waals surface area (Å²) in [6, 6.07) is 0. The van der Waals surface area contributed by atoms with Gasteiger partial charge in [-0.1, -0.05) is 13.8 Å². The van der Waals surface area contributed by atoms with Crippen molar-refractivity contribution in [3.63, 3.8) is 0 Å². The molecule has 0 aliphatic carbocycles. The fourth-order valence-electron chi connectivity index (χ4n) is 2.50. The lowest BCUT2D eigenvalue weighted by Gasteiger charge is -2.23. The minimum atomic E-state index is -1.15. The van der Waals surface area contributed by atoms with Crippen LogP contribution in [0.3, 0.4) is 0 Å². The van der Waals surface area contributed by atoms with Crippen molar-refractivity contribution < 1.29 is 19.8 Å². The summed E-state index contributed by atoms with van der Waals surface area (Å²) in [6.45, 7) is 4.49. The fraction of sp³-hybridized carbons (Fsp3) is 0.583. The van der Waals surface area contributed by atoms with E-state index in [1.165, 1.54) is 0 Å². The molecule has 98 valence electrons. The number of aliphatic carboxylic acids is 1. The predicted molar refractivity (Wildman–Crippen MR) is 62.9 cm³/mol. The lowest BCUT2D eigenvalue weighted by Crippen LogP contribution is -2.24. The molecule has 1 aliphatic rings. The molecule has 0 saturated carbocycles. The number of rotatable bonds is 3. The van der Waals surface area contributed by atoms with Gasteiger partial charge in [-0.2, -0.15) is 0 Å². The predicted octanol–water partition coefficient (Wildman–Crippen LogP) is 1.67. The summed E-state index contributed by atoms with van der Waals surface area (Å²) in [4.78, 5) is 26.6. The number of hydrogen-bond acceptors (Lipinski definition) is 3. The zero-order valence-electron chi connectivity index (χ0n) is 10.4. The van der Waals surface area contributed by atoms with E-state index in [2.05, 4.69) is 4.98 Å². The smallest absolute Gasteiger partial charge is 0.356 e. The third kappa shape index (κ3) is 1.87. The number of hydrogen-bond donors (Lipinski definition) is 2. The summed E-state index contributed by atoms with van der Waals surface area (Å²) in [5, 5.41) is 18.4. The van der Waals surface area contributed by atoms with Gasteiger partial charge in [-0.3, -0.25) is 4.79 Å². The second-order valence-electron chi connectivity index (χ2n) is 4.85. The van der Waals surface area contributed by atoms with Crippen LogP contribution in [-0.2, 0) is 11.3 Å². The van der Waals surface area contributed by atoms with Gasteiger partial charge in [0.2, 0.25) is 0 Å². The molecule has 0 bridgehead atoms. The van der Waals surface area contributed by atoms with Crippen molar-refractivity contribution in [3.05, 3.63) is 17.2 Å². The Labute approximate surface area is 104 Å². The van der Waals surface area contributed by atoms with Crippen molar-refractivity contribution >= 4 is 11.9 Å².